The molecule has 1 aromatic heterocycles. The lowest BCUT2D eigenvalue weighted by molar-refractivity contribution is -0.120. The lowest BCUT2D eigenvalue weighted by Crippen LogP contribution is -2.33. The minimum Gasteiger partial charge on any atom is -0.355 e. The van der Waals surface area contributed by atoms with Crippen LogP contribution in [0.3, 0.4) is 0 Å². The van der Waals surface area contributed by atoms with Gasteiger partial charge in [-0.05, 0) is 48.7 Å². The maximum Gasteiger partial charge on any atom is 0.262 e. The van der Waals surface area contributed by atoms with Gasteiger partial charge >= 0.3 is 0 Å². The van der Waals surface area contributed by atoms with Crippen molar-refractivity contribution in [3.05, 3.63) is 82.6 Å². The number of aromatic nitrogens is 2. The number of fused-ring (bicyclic) bond motifs is 2. The fraction of sp³-hybridized carbons (Fsp3) is 0.240. The van der Waals surface area contributed by atoms with Crippen molar-refractivity contribution >= 4 is 39.3 Å². The first-order chi connectivity index (χ1) is 15.1. The van der Waals surface area contributed by atoms with Crippen molar-refractivity contribution in [2.75, 3.05) is 6.54 Å². The first-order valence-corrected chi connectivity index (χ1v) is 11.4. The van der Waals surface area contributed by atoms with Gasteiger partial charge in [0.1, 0.15) is 0 Å². The highest BCUT2D eigenvalue weighted by Crippen LogP contribution is 2.25. The molecule has 1 heterocycles. The number of carbonyl (C=O) groups excluding carboxylic acids is 1. The standard InChI is InChI=1S/C25H25N3O2S/c1-3-28-24(30)21-15-19-11-7-8-12-20(19)16-22(21)27-25(28)31-17(2)23(29)26-14-13-18-9-5-4-6-10-18/h4-12,15-17H,3,13-14H2,1-2H3,(H,26,29). The van der Waals surface area contributed by atoms with Crippen molar-refractivity contribution in [2.45, 2.75) is 37.2 Å². The van der Waals surface area contributed by atoms with E-state index in [1.165, 1.54) is 17.3 Å². The van der Waals surface area contributed by atoms with E-state index in [2.05, 4.69) is 5.32 Å². The van der Waals surface area contributed by atoms with E-state index in [4.69, 9.17) is 4.98 Å². The molecule has 0 radical (unpaired) electrons. The van der Waals surface area contributed by atoms with E-state index in [-0.39, 0.29) is 16.7 Å². The van der Waals surface area contributed by atoms with Crippen molar-refractivity contribution in [3.8, 4) is 0 Å². The molecule has 0 aliphatic rings. The highest BCUT2D eigenvalue weighted by Gasteiger charge is 2.19. The summed E-state index contributed by atoms with van der Waals surface area (Å²) in [5.74, 6) is -0.0589. The molecule has 4 aromatic rings. The molecule has 0 bridgehead atoms. The van der Waals surface area contributed by atoms with E-state index in [0.717, 1.165) is 17.2 Å². The number of hydrogen-bond acceptors (Lipinski definition) is 4. The van der Waals surface area contributed by atoms with Gasteiger partial charge in [0.25, 0.3) is 5.56 Å². The van der Waals surface area contributed by atoms with Crippen LogP contribution >= 0.6 is 11.8 Å². The molecule has 6 heteroatoms. The first-order valence-electron chi connectivity index (χ1n) is 10.5. The quantitative estimate of drug-likeness (QED) is 0.267. The Kier molecular flexibility index (Phi) is 6.37. The van der Waals surface area contributed by atoms with Crippen LogP contribution < -0.4 is 10.9 Å². The third-order valence-electron chi connectivity index (χ3n) is 5.31. The number of nitrogens with one attached hydrogen (secondary N) is 1. The van der Waals surface area contributed by atoms with Crippen molar-refractivity contribution in [1.29, 1.82) is 0 Å². The van der Waals surface area contributed by atoms with Crippen LogP contribution in [0.2, 0.25) is 0 Å². The Bertz CT molecular complexity index is 1280. The first kappa shape index (κ1) is 21.1. The Balaban J connectivity index is 1.54. The van der Waals surface area contributed by atoms with Gasteiger partial charge in [0.15, 0.2) is 5.16 Å². The topological polar surface area (TPSA) is 64.0 Å². The highest BCUT2D eigenvalue weighted by molar-refractivity contribution is 8.00. The summed E-state index contributed by atoms with van der Waals surface area (Å²) in [7, 11) is 0. The summed E-state index contributed by atoms with van der Waals surface area (Å²) in [6.45, 7) is 4.84. The monoisotopic (exact) mass is 431 g/mol. The van der Waals surface area contributed by atoms with Crippen LogP contribution in [-0.2, 0) is 17.8 Å². The van der Waals surface area contributed by atoms with Crippen molar-refractivity contribution in [2.24, 2.45) is 0 Å². The smallest absolute Gasteiger partial charge is 0.262 e. The summed E-state index contributed by atoms with van der Waals surface area (Å²) in [5, 5.41) is 5.86. The Morgan fingerprint density at radius 1 is 1.06 bits per heavy atom. The molecule has 31 heavy (non-hydrogen) atoms. The molecule has 158 valence electrons. The van der Waals surface area contributed by atoms with Gasteiger partial charge in [-0.3, -0.25) is 14.2 Å². The summed E-state index contributed by atoms with van der Waals surface area (Å²) < 4.78 is 1.65. The van der Waals surface area contributed by atoms with Crippen LogP contribution in [0.5, 0.6) is 0 Å². The van der Waals surface area contributed by atoms with Crippen LogP contribution in [0.15, 0.2) is 76.7 Å². The fourth-order valence-electron chi connectivity index (χ4n) is 3.59. The molecular weight excluding hydrogens is 406 g/mol. The maximum absolute atomic E-state index is 13.1. The average molecular weight is 432 g/mol. The molecule has 1 N–H and O–H groups in total. The zero-order valence-corrected chi connectivity index (χ0v) is 18.5. The van der Waals surface area contributed by atoms with Gasteiger partial charge < -0.3 is 5.32 Å². The molecular formula is C25H25N3O2S. The van der Waals surface area contributed by atoms with Gasteiger partial charge in [0.05, 0.1) is 16.2 Å². The minimum absolute atomic E-state index is 0.0589. The Morgan fingerprint density at radius 2 is 1.74 bits per heavy atom. The van der Waals surface area contributed by atoms with Gasteiger partial charge in [-0.2, -0.15) is 0 Å². The zero-order chi connectivity index (χ0) is 21.8. The van der Waals surface area contributed by atoms with Gasteiger partial charge in [-0.25, -0.2) is 4.98 Å². The minimum atomic E-state index is -0.363. The van der Waals surface area contributed by atoms with E-state index in [0.29, 0.717) is 29.1 Å². The third kappa shape index (κ3) is 4.64. The second kappa shape index (κ2) is 9.35. The second-order valence-corrected chi connectivity index (χ2v) is 8.75. The summed E-state index contributed by atoms with van der Waals surface area (Å²) in [5.41, 5.74) is 1.77. The second-order valence-electron chi connectivity index (χ2n) is 7.45. The van der Waals surface area contributed by atoms with E-state index >= 15 is 0 Å². The molecule has 0 spiro atoms. The molecule has 1 amide bonds. The molecule has 5 nitrogen and oxygen atoms in total. The molecule has 0 saturated heterocycles. The molecule has 1 atom stereocenters. The Hall–Kier alpha value is -3.12. The van der Waals surface area contributed by atoms with Gasteiger partial charge in [0.2, 0.25) is 5.91 Å². The SMILES string of the molecule is CCn1c(SC(C)C(=O)NCCc2ccccc2)nc2cc3ccccc3cc2c1=O. The number of thioether (sulfide) groups is 1. The van der Waals surface area contributed by atoms with Crippen molar-refractivity contribution in [1.82, 2.24) is 14.9 Å². The van der Waals surface area contributed by atoms with E-state index in [1.54, 1.807) is 4.57 Å². The normalized spacial score (nSPS) is 12.2. The molecule has 4 rings (SSSR count). The molecule has 0 saturated carbocycles. The van der Waals surface area contributed by atoms with Gasteiger partial charge in [-0.1, -0.05) is 66.4 Å². The summed E-state index contributed by atoms with van der Waals surface area (Å²) >= 11 is 1.32. The van der Waals surface area contributed by atoms with Crippen molar-refractivity contribution < 1.29 is 4.79 Å². The number of carbonyl (C=O) groups is 1. The summed E-state index contributed by atoms with van der Waals surface area (Å²) in [6, 6.07) is 21.9. The van der Waals surface area contributed by atoms with Crippen LogP contribution in [0, 0.1) is 0 Å². The van der Waals surface area contributed by atoms with Crippen LogP contribution in [0.1, 0.15) is 19.4 Å². The zero-order valence-electron chi connectivity index (χ0n) is 17.7. The van der Waals surface area contributed by atoms with Crippen LogP contribution in [0.4, 0.5) is 0 Å². The predicted octanol–water partition coefficient (Wildman–Crippen LogP) is 4.41. The Morgan fingerprint density at radius 3 is 2.45 bits per heavy atom. The van der Waals surface area contributed by atoms with Gasteiger partial charge in [-0.15, -0.1) is 0 Å². The molecule has 0 aliphatic carbocycles. The lowest BCUT2D eigenvalue weighted by atomic mass is 10.1. The Labute approximate surface area is 185 Å². The van der Waals surface area contributed by atoms with Crippen molar-refractivity contribution in [3.63, 3.8) is 0 Å². The van der Waals surface area contributed by atoms with Gasteiger partial charge in [0, 0.05) is 13.1 Å². The van der Waals surface area contributed by atoms with Crippen LogP contribution in [-0.4, -0.2) is 27.3 Å². The molecule has 3 aromatic carbocycles. The lowest BCUT2D eigenvalue weighted by Gasteiger charge is -2.15. The van der Waals surface area contributed by atoms with E-state index in [9.17, 15) is 9.59 Å². The summed E-state index contributed by atoms with van der Waals surface area (Å²) in [6.07, 6.45) is 0.783. The van der Waals surface area contributed by atoms with E-state index < -0.39 is 0 Å². The summed E-state index contributed by atoms with van der Waals surface area (Å²) in [4.78, 5) is 30.5. The molecule has 0 fully saturated rings. The van der Waals surface area contributed by atoms with Crippen LogP contribution in [0.25, 0.3) is 21.7 Å². The predicted molar refractivity (Wildman–Crippen MR) is 128 cm³/mol. The largest absolute Gasteiger partial charge is 0.355 e. The number of nitrogens with zero attached hydrogens (tertiary/aromatic N) is 2. The number of amides is 1. The number of rotatable bonds is 7. The maximum atomic E-state index is 13.1. The molecule has 1 unspecified atom stereocenters. The molecule has 0 aliphatic heterocycles. The highest BCUT2D eigenvalue weighted by atomic mass is 32.2. The number of benzene rings is 3. The third-order valence-corrected chi connectivity index (χ3v) is 6.40. The van der Waals surface area contributed by atoms with E-state index in [1.807, 2.05) is 80.6 Å². The fourth-order valence-corrected chi connectivity index (χ4v) is 4.58. The average Bonchev–Trinajstić information content (AvgIpc) is 2.79. The number of hydrogen-bond donors (Lipinski definition) is 1.